The van der Waals surface area contributed by atoms with E-state index in [2.05, 4.69) is 5.10 Å². The van der Waals surface area contributed by atoms with E-state index in [-0.39, 0.29) is 30.7 Å². The lowest BCUT2D eigenvalue weighted by atomic mass is 10.2. The zero-order valence-corrected chi connectivity index (χ0v) is 12.0. The summed E-state index contributed by atoms with van der Waals surface area (Å²) in [4.78, 5) is 36.3. The van der Waals surface area contributed by atoms with Crippen LogP contribution in [0.5, 0.6) is 0 Å². The Kier molecular flexibility index (Phi) is 5.89. The highest BCUT2D eigenvalue weighted by atomic mass is 16.5. The molecule has 0 fully saturated rings. The van der Waals surface area contributed by atoms with Gasteiger partial charge in [-0.15, -0.1) is 0 Å². The summed E-state index contributed by atoms with van der Waals surface area (Å²) in [6.07, 6.45) is 1.58. The fraction of sp³-hybridized carbons (Fsp3) is 0.538. The van der Waals surface area contributed by atoms with Crippen LogP contribution in [0.25, 0.3) is 0 Å². The Morgan fingerprint density at radius 2 is 2.05 bits per heavy atom. The molecule has 1 heterocycles. The van der Waals surface area contributed by atoms with Gasteiger partial charge in [-0.05, 0) is 6.92 Å². The molecule has 110 valence electrons. The maximum Gasteiger partial charge on any atom is 0.306 e. The quantitative estimate of drug-likeness (QED) is 0.665. The third kappa shape index (κ3) is 4.83. The molecule has 0 bridgehead atoms. The van der Waals surface area contributed by atoms with E-state index >= 15 is 0 Å². The van der Waals surface area contributed by atoms with Crippen LogP contribution in [0.4, 0.5) is 5.69 Å². The van der Waals surface area contributed by atoms with Gasteiger partial charge in [-0.1, -0.05) is 0 Å². The number of anilines is 1. The molecule has 0 saturated heterocycles. The molecule has 0 amide bonds. The molecule has 0 aromatic carbocycles. The van der Waals surface area contributed by atoms with E-state index in [4.69, 9.17) is 4.74 Å². The Morgan fingerprint density at radius 3 is 2.60 bits per heavy atom. The van der Waals surface area contributed by atoms with Crippen molar-refractivity contribution >= 4 is 17.4 Å². The van der Waals surface area contributed by atoms with Crippen molar-refractivity contribution < 1.29 is 14.3 Å². The minimum absolute atomic E-state index is 0.0250. The lowest BCUT2D eigenvalue weighted by Crippen LogP contribution is -2.27. The normalized spacial score (nSPS) is 10.2. The fourth-order valence-electron chi connectivity index (χ4n) is 1.51. The van der Waals surface area contributed by atoms with Crippen molar-refractivity contribution in [3.8, 4) is 0 Å². The molecule has 0 aliphatic rings. The average Bonchev–Trinajstić information content (AvgIpc) is 2.39. The van der Waals surface area contributed by atoms with Crippen molar-refractivity contribution in [3.63, 3.8) is 0 Å². The van der Waals surface area contributed by atoms with Crippen molar-refractivity contribution in [1.29, 1.82) is 0 Å². The highest BCUT2D eigenvalue weighted by Gasteiger charge is 2.10. The number of esters is 1. The Bertz CT molecular complexity index is 537. The number of carbonyl (C=O) groups is 2. The molecule has 20 heavy (non-hydrogen) atoms. The van der Waals surface area contributed by atoms with Gasteiger partial charge in [0.2, 0.25) is 0 Å². The van der Waals surface area contributed by atoms with E-state index in [1.807, 2.05) is 0 Å². The molecule has 0 aliphatic heterocycles. The zero-order chi connectivity index (χ0) is 15.1. The Hall–Kier alpha value is -2.18. The van der Waals surface area contributed by atoms with Crippen LogP contribution < -0.4 is 10.5 Å². The van der Waals surface area contributed by atoms with Crippen LogP contribution in [0.15, 0.2) is 17.1 Å². The van der Waals surface area contributed by atoms with Gasteiger partial charge in [-0.25, -0.2) is 4.68 Å². The van der Waals surface area contributed by atoms with Crippen molar-refractivity contribution in [2.24, 2.45) is 0 Å². The SMILES string of the molecule is CCOC(=O)CCC(=O)Cn1ncc(N(C)C)cc1=O. The van der Waals surface area contributed by atoms with Crippen LogP contribution >= 0.6 is 0 Å². The van der Waals surface area contributed by atoms with Crippen LogP contribution in [0, 0.1) is 0 Å². The number of ketones is 1. The number of rotatable bonds is 7. The van der Waals surface area contributed by atoms with Gasteiger partial charge in [-0.3, -0.25) is 14.4 Å². The number of aromatic nitrogens is 2. The second-order valence-corrected chi connectivity index (χ2v) is 4.45. The molecule has 0 spiro atoms. The second kappa shape index (κ2) is 7.42. The van der Waals surface area contributed by atoms with E-state index < -0.39 is 5.97 Å². The van der Waals surface area contributed by atoms with Gasteiger partial charge in [0, 0.05) is 26.6 Å². The third-order valence-corrected chi connectivity index (χ3v) is 2.61. The molecule has 1 rings (SSSR count). The van der Waals surface area contributed by atoms with Gasteiger partial charge in [-0.2, -0.15) is 5.10 Å². The molecule has 0 aliphatic carbocycles. The minimum atomic E-state index is -0.413. The predicted octanol–water partition coefficient (Wildman–Crippen LogP) is 0.222. The smallest absolute Gasteiger partial charge is 0.306 e. The summed E-state index contributed by atoms with van der Waals surface area (Å²) in [5, 5.41) is 3.93. The van der Waals surface area contributed by atoms with Crippen LogP contribution in [0.2, 0.25) is 0 Å². The Labute approximate surface area is 117 Å². The third-order valence-electron chi connectivity index (χ3n) is 2.61. The summed E-state index contributed by atoms with van der Waals surface area (Å²) in [6.45, 7) is 1.86. The lowest BCUT2D eigenvalue weighted by Gasteiger charge is -2.12. The maximum atomic E-state index is 11.8. The number of carbonyl (C=O) groups excluding carboxylic acids is 2. The monoisotopic (exact) mass is 281 g/mol. The number of ether oxygens (including phenoxy) is 1. The molecule has 1 aromatic heterocycles. The molecule has 1 aromatic rings. The van der Waals surface area contributed by atoms with Crippen molar-refractivity contribution in [2.45, 2.75) is 26.3 Å². The molecular weight excluding hydrogens is 262 g/mol. The molecule has 0 radical (unpaired) electrons. The molecular formula is C13H19N3O4. The van der Waals surface area contributed by atoms with E-state index in [1.54, 1.807) is 25.9 Å². The van der Waals surface area contributed by atoms with E-state index in [1.165, 1.54) is 12.3 Å². The molecule has 0 saturated carbocycles. The van der Waals surface area contributed by atoms with Gasteiger partial charge >= 0.3 is 5.97 Å². The molecule has 7 nitrogen and oxygen atoms in total. The van der Waals surface area contributed by atoms with Crippen LogP contribution in [-0.2, 0) is 20.9 Å². The fourth-order valence-corrected chi connectivity index (χ4v) is 1.51. The minimum Gasteiger partial charge on any atom is -0.466 e. The number of Topliss-reactive ketones (excluding diaryl/α,β-unsaturated/α-hetero) is 1. The largest absolute Gasteiger partial charge is 0.466 e. The van der Waals surface area contributed by atoms with E-state index in [9.17, 15) is 14.4 Å². The summed E-state index contributed by atoms with van der Waals surface area (Å²) in [6, 6.07) is 1.41. The predicted molar refractivity (Wildman–Crippen MR) is 73.7 cm³/mol. The zero-order valence-electron chi connectivity index (χ0n) is 12.0. The van der Waals surface area contributed by atoms with Crippen molar-refractivity contribution in [3.05, 3.63) is 22.6 Å². The lowest BCUT2D eigenvalue weighted by molar-refractivity contribution is -0.144. The van der Waals surface area contributed by atoms with Crippen LogP contribution in [-0.4, -0.2) is 42.2 Å². The summed E-state index contributed by atoms with van der Waals surface area (Å²) in [7, 11) is 3.59. The standard InChI is InChI=1S/C13H19N3O4/c1-4-20-13(19)6-5-11(17)9-16-12(18)7-10(8-14-16)15(2)3/h7-8H,4-6,9H2,1-3H3. The van der Waals surface area contributed by atoms with Gasteiger partial charge in [0.05, 0.1) is 24.9 Å². The highest BCUT2D eigenvalue weighted by Crippen LogP contribution is 2.03. The van der Waals surface area contributed by atoms with Crippen molar-refractivity contribution in [2.75, 3.05) is 25.6 Å². The van der Waals surface area contributed by atoms with Crippen LogP contribution in [0.3, 0.4) is 0 Å². The first kappa shape index (κ1) is 15.9. The Balaban J connectivity index is 2.58. The van der Waals surface area contributed by atoms with E-state index in [0.717, 1.165) is 4.68 Å². The van der Waals surface area contributed by atoms with Gasteiger partial charge in [0.1, 0.15) is 6.54 Å². The van der Waals surface area contributed by atoms with Gasteiger partial charge < -0.3 is 9.64 Å². The molecule has 0 N–H and O–H groups in total. The van der Waals surface area contributed by atoms with Crippen LogP contribution in [0.1, 0.15) is 19.8 Å². The summed E-state index contributed by atoms with van der Waals surface area (Å²) < 4.78 is 5.81. The average molecular weight is 281 g/mol. The van der Waals surface area contributed by atoms with Gasteiger partial charge in [0.15, 0.2) is 5.78 Å². The second-order valence-electron chi connectivity index (χ2n) is 4.45. The van der Waals surface area contributed by atoms with Gasteiger partial charge in [0.25, 0.3) is 5.56 Å². The first-order chi connectivity index (χ1) is 9.43. The topological polar surface area (TPSA) is 81.5 Å². The maximum absolute atomic E-state index is 11.8. The van der Waals surface area contributed by atoms with E-state index in [0.29, 0.717) is 12.3 Å². The first-order valence-corrected chi connectivity index (χ1v) is 6.36. The molecule has 7 heteroatoms. The number of nitrogens with zero attached hydrogens (tertiary/aromatic N) is 3. The summed E-state index contributed by atoms with van der Waals surface area (Å²) in [5.41, 5.74) is 0.325. The highest BCUT2D eigenvalue weighted by molar-refractivity contribution is 5.82. The molecule has 0 atom stereocenters. The summed E-state index contributed by atoms with van der Waals surface area (Å²) >= 11 is 0. The Morgan fingerprint density at radius 1 is 1.35 bits per heavy atom. The molecule has 0 unspecified atom stereocenters. The number of hydrogen-bond donors (Lipinski definition) is 0. The first-order valence-electron chi connectivity index (χ1n) is 6.36. The number of hydrogen-bond acceptors (Lipinski definition) is 6. The van der Waals surface area contributed by atoms with Crippen molar-refractivity contribution in [1.82, 2.24) is 9.78 Å². The summed E-state index contributed by atoms with van der Waals surface area (Å²) in [5.74, 6) is -0.644.